The number of anilines is 1. The fourth-order valence-electron chi connectivity index (χ4n) is 2.36. The summed E-state index contributed by atoms with van der Waals surface area (Å²) in [5.41, 5.74) is 1.57. The van der Waals surface area contributed by atoms with E-state index >= 15 is 0 Å². The molecule has 0 unspecified atom stereocenters. The van der Waals surface area contributed by atoms with Crippen molar-refractivity contribution >= 4 is 29.4 Å². The van der Waals surface area contributed by atoms with E-state index in [0.717, 1.165) is 18.7 Å². The lowest BCUT2D eigenvalue weighted by atomic mass is 10.1. The molecular formula is C18H22ClN5O2. The molecule has 0 saturated carbocycles. The number of carbonyl (C=O) groups is 2. The number of amides is 2. The van der Waals surface area contributed by atoms with Crippen LogP contribution in [0.3, 0.4) is 0 Å². The quantitative estimate of drug-likeness (QED) is 0.775. The molecule has 0 fully saturated rings. The van der Waals surface area contributed by atoms with Crippen LogP contribution in [-0.2, 0) is 6.54 Å². The zero-order chi connectivity index (χ0) is 19.1. The van der Waals surface area contributed by atoms with E-state index in [9.17, 15) is 9.59 Å². The lowest BCUT2D eigenvalue weighted by Gasteiger charge is -2.19. The highest BCUT2D eigenvalue weighted by Crippen LogP contribution is 2.16. The molecule has 0 saturated heterocycles. The second-order valence-electron chi connectivity index (χ2n) is 5.50. The van der Waals surface area contributed by atoms with E-state index in [4.69, 9.17) is 11.6 Å². The maximum Gasteiger partial charge on any atom is 0.271 e. The van der Waals surface area contributed by atoms with E-state index < -0.39 is 0 Å². The van der Waals surface area contributed by atoms with E-state index in [-0.39, 0.29) is 22.5 Å². The van der Waals surface area contributed by atoms with Gasteiger partial charge in [0.25, 0.3) is 11.8 Å². The number of hydrogen-bond donors (Lipinski definition) is 2. The van der Waals surface area contributed by atoms with Crippen molar-refractivity contribution < 1.29 is 9.59 Å². The number of carbonyl (C=O) groups excluding carboxylic acids is 2. The maximum absolute atomic E-state index is 12.4. The molecule has 2 aromatic rings. The Morgan fingerprint density at radius 3 is 2.35 bits per heavy atom. The van der Waals surface area contributed by atoms with Gasteiger partial charge in [-0.25, -0.2) is 9.97 Å². The molecule has 1 heterocycles. The predicted octanol–water partition coefficient (Wildman–Crippen LogP) is 2.27. The Morgan fingerprint density at radius 2 is 1.77 bits per heavy atom. The van der Waals surface area contributed by atoms with E-state index in [2.05, 4.69) is 20.6 Å². The number of benzene rings is 1. The number of rotatable bonds is 7. The molecule has 0 aliphatic heterocycles. The van der Waals surface area contributed by atoms with Crippen molar-refractivity contribution in [1.29, 1.82) is 0 Å². The van der Waals surface area contributed by atoms with Crippen LogP contribution < -0.4 is 15.5 Å². The smallest absolute Gasteiger partial charge is 0.271 e. The number of halogens is 1. The van der Waals surface area contributed by atoms with Gasteiger partial charge in [-0.3, -0.25) is 9.59 Å². The summed E-state index contributed by atoms with van der Waals surface area (Å²) in [6.07, 6.45) is 1.44. The number of nitrogens with zero attached hydrogens (tertiary/aromatic N) is 3. The molecular weight excluding hydrogens is 354 g/mol. The number of hydrogen-bond acceptors (Lipinski definition) is 5. The molecule has 0 aliphatic rings. The average Bonchev–Trinajstić information content (AvgIpc) is 2.68. The van der Waals surface area contributed by atoms with Gasteiger partial charge < -0.3 is 15.5 Å². The molecule has 0 radical (unpaired) electrons. The van der Waals surface area contributed by atoms with Crippen molar-refractivity contribution in [2.45, 2.75) is 20.4 Å². The summed E-state index contributed by atoms with van der Waals surface area (Å²) < 4.78 is 0. The van der Waals surface area contributed by atoms with Gasteiger partial charge in [-0.05, 0) is 31.5 Å². The largest absolute Gasteiger partial charge is 0.355 e. The molecule has 0 spiro atoms. The van der Waals surface area contributed by atoms with Crippen LogP contribution in [0.5, 0.6) is 0 Å². The third-order valence-corrected chi connectivity index (χ3v) is 4.17. The van der Waals surface area contributed by atoms with Gasteiger partial charge in [0.1, 0.15) is 0 Å². The van der Waals surface area contributed by atoms with Crippen LogP contribution in [0.2, 0.25) is 5.02 Å². The van der Waals surface area contributed by atoms with Crippen LogP contribution in [0.1, 0.15) is 40.3 Å². The SMILES string of the molecule is CCN(CC)c1ncc(Cl)c(C(=O)NCc2ccc(C(=O)NC)cc2)n1. The highest BCUT2D eigenvalue weighted by Gasteiger charge is 2.16. The van der Waals surface area contributed by atoms with Crippen LogP contribution in [0, 0.1) is 0 Å². The Balaban J connectivity index is 2.08. The number of aromatic nitrogens is 2. The Hall–Kier alpha value is -2.67. The average molecular weight is 376 g/mol. The molecule has 0 atom stereocenters. The van der Waals surface area contributed by atoms with Crippen LogP contribution in [-0.4, -0.2) is 41.9 Å². The standard InChI is InChI=1S/C18H22ClN5O2/c1-4-24(5-2)18-22-11-14(19)15(23-18)17(26)21-10-12-6-8-13(9-7-12)16(25)20-3/h6-9,11H,4-5,10H2,1-3H3,(H,20,25)(H,21,26). The van der Waals surface area contributed by atoms with Gasteiger partial charge in [-0.15, -0.1) is 0 Å². The monoisotopic (exact) mass is 375 g/mol. The predicted molar refractivity (Wildman–Crippen MR) is 102 cm³/mol. The van der Waals surface area contributed by atoms with E-state index in [0.29, 0.717) is 18.1 Å². The van der Waals surface area contributed by atoms with Crippen molar-refractivity contribution in [3.63, 3.8) is 0 Å². The topological polar surface area (TPSA) is 87.2 Å². The summed E-state index contributed by atoms with van der Waals surface area (Å²) in [7, 11) is 1.58. The summed E-state index contributed by atoms with van der Waals surface area (Å²) in [4.78, 5) is 34.4. The summed E-state index contributed by atoms with van der Waals surface area (Å²) in [5, 5.41) is 5.55. The van der Waals surface area contributed by atoms with Gasteiger partial charge in [0.05, 0.1) is 11.2 Å². The van der Waals surface area contributed by atoms with Gasteiger partial charge in [0, 0.05) is 32.2 Å². The molecule has 2 N–H and O–H groups in total. The molecule has 2 amide bonds. The first kappa shape index (κ1) is 19.7. The van der Waals surface area contributed by atoms with Gasteiger partial charge in [-0.1, -0.05) is 23.7 Å². The van der Waals surface area contributed by atoms with E-state index in [1.54, 1.807) is 31.3 Å². The Labute approximate surface area is 157 Å². The van der Waals surface area contributed by atoms with Crippen LogP contribution in [0.15, 0.2) is 30.5 Å². The fraction of sp³-hybridized carbons (Fsp3) is 0.333. The van der Waals surface area contributed by atoms with Crippen LogP contribution in [0.25, 0.3) is 0 Å². The van der Waals surface area contributed by atoms with Crippen molar-refractivity contribution in [3.8, 4) is 0 Å². The van der Waals surface area contributed by atoms with Crippen LogP contribution >= 0.6 is 11.6 Å². The summed E-state index contributed by atoms with van der Waals surface area (Å²) >= 11 is 6.09. The van der Waals surface area contributed by atoms with Crippen LogP contribution in [0.4, 0.5) is 5.95 Å². The summed E-state index contributed by atoms with van der Waals surface area (Å²) in [6.45, 7) is 5.74. The highest BCUT2D eigenvalue weighted by atomic mass is 35.5. The Kier molecular flexibility index (Phi) is 6.91. The minimum absolute atomic E-state index is 0.144. The van der Waals surface area contributed by atoms with Gasteiger partial charge in [-0.2, -0.15) is 0 Å². The molecule has 1 aromatic carbocycles. The van der Waals surface area contributed by atoms with Gasteiger partial charge in [0.2, 0.25) is 5.95 Å². The first-order chi connectivity index (χ1) is 12.5. The first-order valence-electron chi connectivity index (χ1n) is 8.36. The molecule has 2 rings (SSSR count). The molecule has 26 heavy (non-hydrogen) atoms. The van der Waals surface area contributed by atoms with Crippen molar-refractivity contribution in [3.05, 3.63) is 52.3 Å². The summed E-state index contributed by atoms with van der Waals surface area (Å²) in [6, 6.07) is 6.98. The molecule has 1 aromatic heterocycles. The lowest BCUT2D eigenvalue weighted by molar-refractivity contribution is 0.0942. The minimum Gasteiger partial charge on any atom is -0.355 e. The lowest BCUT2D eigenvalue weighted by Crippen LogP contribution is -2.28. The zero-order valence-corrected chi connectivity index (χ0v) is 15.8. The molecule has 0 aliphatic carbocycles. The minimum atomic E-state index is -0.374. The Morgan fingerprint density at radius 1 is 1.12 bits per heavy atom. The second-order valence-corrected chi connectivity index (χ2v) is 5.90. The third-order valence-electron chi connectivity index (χ3n) is 3.89. The van der Waals surface area contributed by atoms with Crippen molar-refractivity contribution in [2.24, 2.45) is 0 Å². The normalized spacial score (nSPS) is 10.3. The van der Waals surface area contributed by atoms with E-state index in [1.165, 1.54) is 6.20 Å². The summed E-state index contributed by atoms with van der Waals surface area (Å²) in [5.74, 6) is -0.0575. The fourth-order valence-corrected chi connectivity index (χ4v) is 2.54. The Bertz CT molecular complexity index is 776. The van der Waals surface area contributed by atoms with Gasteiger partial charge in [0.15, 0.2) is 5.69 Å². The second kappa shape index (κ2) is 9.15. The molecule has 0 bridgehead atoms. The molecule has 8 heteroatoms. The van der Waals surface area contributed by atoms with E-state index in [1.807, 2.05) is 18.7 Å². The van der Waals surface area contributed by atoms with Crippen molar-refractivity contribution in [2.75, 3.05) is 25.0 Å². The highest BCUT2D eigenvalue weighted by molar-refractivity contribution is 6.33. The third kappa shape index (κ3) is 4.70. The zero-order valence-electron chi connectivity index (χ0n) is 15.0. The van der Waals surface area contributed by atoms with Crippen molar-refractivity contribution in [1.82, 2.24) is 20.6 Å². The molecule has 7 nitrogen and oxygen atoms in total. The first-order valence-corrected chi connectivity index (χ1v) is 8.74. The van der Waals surface area contributed by atoms with Gasteiger partial charge >= 0.3 is 0 Å². The number of nitrogens with one attached hydrogen (secondary N) is 2. The maximum atomic E-state index is 12.4. The molecule has 138 valence electrons.